The molecule has 1 N–H and O–H groups in total. The third-order valence-electron chi connectivity index (χ3n) is 4.07. The first-order chi connectivity index (χ1) is 8.16. The van der Waals surface area contributed by atoms with Crippen molar-refractivity contribution in [1.82, 2.24) is 5.32 Å². The van der Waals surface area contributed by atoms with E-state index in [1.54, 1.807) is 0 Å². The molecule has 2 heteroatoms. The quantitative estimate of drug-likeness (QED) is 0.860. The molecule has 1 aliphatic rings. The van der Waals surface area contributed by atoms with Crippen LogP contribution in [0.25, 0.3) is 0 Å². The second-order valence-corrected chi connectivity index (χ2v) is 6.27. The minimum absolute atomic E-state index is 0.445. The molecule has 0 heterocycles. The summed E-state index contributed by atoms with van der Waals surface area (Å²) in [6, 6.07) is 9.03. The summed E-state index contributed by atoms with van der Waals surface area (Å²) in [6.07, 6.45) is 4.23. The summed E-state index contributed by atoms with van der Waals surface area (Å²) in [5, 5.41) is 3.68. The van der Waals surface area contributed by atoms with E-state index in [2.05, 4.69) is 59.4 Å². The van der Waals surface area contributed by atoms with Crippen LogP contribution >= 0.6 is 15.9 Å². The smallest absolute Gasteiger partial charge is 0.0292 e. The van der Waals surface area contributed by atoms with Gasteiger partial charge in [-0.1, -0.05) is 47.8 Å². The number of halogens is 1. The first-order valence-electron chi connectivity index (χ1n) is 6.65. The molecule has 2 rings (SSSR count). The van der Waals surface area contributed by atoms with E-state index in [4.69, 9.17) is 0 Å². The average molecular weight is 296 g/mol. The standard InChI is InChI=1S/C15H22BrN/c1-11-5-3-7-14(11)10-17-12(2)13-6-4-8-15(16)9-13/h4,6,8-9,11-12,14,17H,3,5,7,10H2,1-2H3. The molecule has 0 radical (unpaired) electrons. The van der Waals surface area contributed by atoms with Crippen LogP contribution in [0.5, 0.6) is 0 Å². The fourth-order valence-electron chi connectivity index (χ4n) is 2.75. The van der Waals surface area contributed by atoms with Gasteiger partial charge in [-0.25, -0.2) is 0 Å². The summed E-state index contributed by atoms with van der Waals surface area (Å²) in [7, 11) is 0. The summed E-state index contributed by atoms with van der Waals surface area (Å²) in [5.74, 6) is 1.78. The molecule has 0 amide bonds. The minimum atomic E-state index is 0.445. The second kappa shape index (κ2) is 6.01. The lowest BCUT2D eigenvalue weighted by Gasteiger charge is -2.20. The van der Waals surface area contributed by atoms with Crippen molar-refractivity contribution in [2.24, 2.45) is 11.8 Å². The largest absolute Gasteiger partial charge is 0.310 e. The van der Waals surface area contributed by atoms with Crippen LogP contribution < -0.4 is 5.32 Å². The van der Waals surface area contributed by atoms with Gasteiger partial charge in [0.25, 0.3) is 0 Å². The highest BCUT2D eigenvalue weighted by molar-refractivity contribution is 9.10. The average Bonchev–Trinajstić information content (AvgIpc) is 2.72. The van der Waals surface area contributed by atoms with E-state index in [9.17, 15) is 0 Å². The third-order valence-corrected chi connectivity index (χ3v) is 4.57. The Balaban J connectivity index is 1.86. The van der Waals surface area contributed by atoms with Gasteiger partial charge in [0, 0.05) is 10.5 Å². The molecule has 0 aliphatic heterocycles. The second-order valence-electron chi connectivity index (χ2n) is 5.35. The molecule has 17 heavy (non-hydrogen) atoms. The Kier molecular flexibility index (Phi) is 4.63. The fraction of sp³-hybridized carbons (Fsp3) is 0.600. The van der Waals surface area contributed by atoms with E-state index < -0.39 is 0 Å². The van der Waals surface area contributed by atoms with Crippen LogP contribution in [-0.4, -0.2) is 6.54 Å². The van der Waals surface area contributed by atoms with Crippen molar-refractivity contribution in [3.8, 4) is 0 Å². The SMILES string of the molecule is CC(NCC1CCCC1C)c1cccc(Br)c1. The van der Waals surface area contributed by atoms with E-state index in [0.717, 1.165) is 22.9 Å². The Morgan fingerprint density at radius 2 is 2.24 bits per heavy atom. The predicted molar refractivity (Wildman–Crippen MR) is 77.1 cm³/mol. The Bertz CT molecular complexity index is 364. The van der Waals surface area contributed by atoms with Crippen molar-refractivity contribution in [3.63, 3.8) is 0 Å². The van der Waals surface area contributed by atoms with Gasteiger partial charge in [0.05, 0.1) is 0 Å². The van der Waals surface area contributed by atoms with E-state index >= 15 is 0 Å². The fourth-order valence-corrected chi connectivity index (χ4v) is 3.16. The number of nitrogens with one attached hydrogen (secondary N) is 1. The normalized spacial score (nSPS) is 26.1. The summed E-state index contributed by atoms with van der Waals surface area (Å²) >= 11 is 3.53. The lowest BCUT2D eigenvalue weighted by molar-refractivity contribution is 0.375. The van der Waals surface area contributed by atoms with Crippen molar-refractivity contribution in [1.29, 1.82) is 0 Å². The topological polar surface area (TPSA) is 12.0 Å². The summed E-state index contributed by atoms with van der Waals surface area (Å²) in [4.78, 5) is 0. The molecule has 3 unspecified atom stereocenters. The zero-order valence-electron chi connectivity index (χ0n) is 10.7. The van der Waals surface area contributed by atoms with Crippen LogP contribution in [0.3, 0.4) is 0 Å². The number of hydrogen-bond donors (Lipinski definition) is 1. The van der Waals surface area contributed by atoms with Crippen molar-refractivity contribution < 1.29 is 0 Å². The van der Waals surface area contributed by atoms with E-state index in [1.165, 1.54) is 24.8 Å². The molecular formula is C15H22BrN. The molecule has 1 fully saturated rings. The van der Waals surface area contributed by atoms with Crippen LogP contribution in [0, 0.1) is 11.8 Å². The van der Waals surface area contributed by atoms with E-state index in [1.807, 2.05) is 0 Å². The number of rotatable bonds is 4. The highest BCUT2D eigenvalue weighted by atomic mass is 79.9. The lowest BCUT2D eigenvalue weighted by atomic mass is 9.97. The zero-order valence-corrected chi connectivity index (χ0v) is 12.3. The molecule has 0 aromatic heterocycles. The number of hydrogen-bond acceptors (Lipinski definition) is 1. The summed E-state index contributed by atoms with van der Waals surface area (Å²) in [6.45, 7) is 5.80. The van der Waals surface area contributed by atoms with Crippen LogP contribution in [0.2, 0.25) is 0 Å². The van der Waals surface area contributed by atoms with Gasteiger partial charge >= 0.3 is 0 Å². The monoisotopic (exact) mass is 295 g/mol. The van der Waals surface area contributed by atoms with Gasteiger partial charge in [-0.2, -0.15) is 0 Å². The molecule has 1 aromatic carbocycles. The van der Waals surface area contributed by atoms with Gasteiger partial charge in [-0.3, -0.25) is 0 Å². The first-order valence-corrected chi connectivity index (χ1v) is 7.45. The molecule has 0 saturated heterocycles. The summed E-state index contributed by atoms with van der Waals surface area (Å²) in [5.41, 5.74) is 1.37. The maximum Gasteiger partial charge on any atom is 0.0292 e. The Morgan fingerprint density at radius 1 is 1.41 bits per heavy atom. The zero-order chi connectivity index (χ0) is 12.3. The molecular weight excluding hydrogens is 274 g/mol. The van der Waals surface area contributed by atoms with Crippen LogP contribution in [-0.2, 0) is 0 Å². The van der Waals surface area contributed by atoms with Crippen LogP contribution in [0.1, 0.15) is 44.7 Å². The molecule has 1 nitrogen and oxygen atoms in total. The van der Waals surface area contributed by atoms with Gasteiger partial charge < -0.3 is 5.32 Å². The molecule has 1 aliphatic carbocycles. The molecule has 1 saturated carbocycles. The Hall–Kier alpha value is -0.340. The third kappa shape index (κ3) is 3.56. The van der Waals surface area contributed by atoms with Gasteiger partial charge in [0.1, 0.15) is 0 Å². The first kappa shape index (κ1) is 13.1. The van der Waals surface area contributed by atoms with Crippen molar-refractivity contribution in [2.75, 3.05) is 6.54 Å². The molecule has 94 valence electrons. The van der Waals surface area contributed by atoms with Gasteiger partial charge in [-0.15, -0.1) is 0 Å². The lowest BCUT2D eigenvalue weighted by Crippen LogP contribution is -2.27. The number of benzene rings is 1. The van der Waals surface area contributed by atoms with E-state index in [0.29, 0.717) is 6.04 Å². The van der Waals surface area contributed by atoms with Crippen molar-refractivity contribution in [2.45, 2.75) is 39.2 Å². The van der Waals surface area contributed by atoms with Crippen LogP contribution in [0.15, 0.2) is 28.7 Å². The molecule has 0 bridgehead atoms. The van der Waals surface area contributed by atoms with Gasteiger partial charge in [-0.05, 0) is 49.4 Å². The van der Waals surface area contributed by atoms with Gasteiger partial charge in [0.15, 0.2) is 0 Å². The maximum absolute atomic E-state index is 3.68. The minimum Gasteiger partial charge on any atom is -0.310 e. The Morgan fingerprint density at radius 3 is 2.88 bits per heavy atom. The van der Waals surface area contributed by atoms with Crippen LogP contribution in [0.4, 0.5) is 0 Å². The predicted octanol–water partition coefficient (Wildman–Crippen LogP) is 4.54. The van der Waals surface area contributed by atoms with Gasteiger partial charge in [0.2, 0.25) is 0 Å². The maximum atomic E-state index is 3.68. The molecule has 1 aromatic rings. The van der Waals surface area contributed by atoms with Crippen molar-refractivity contribution >= 4 is 15.9 Å². The molecule has 0 spiro atoms. The highest BCUT2D eigenvalue weighted by Crippen LogP contribution is 2.31. The Labute approximate surface area is 113 Å². The van der Waals surface area contributed by atoms with E-state index in [-0.39, 0.29) is 0 Å². The van der Waals surface area contributed by atoms with Crippen molar-refractivity contribution in [3.05, 3.63) is 34.3 Å². The molecule has 3 atom stereocenters. The summed E-state index contributed by atoms with van der Waals surface area (Å²) < 4.78 is 1.16. The highest BCUT2D eigenvalue weighted by Gasteiger charge is 2.23.